The van der Waals surface area contributed by atoms with Gasteiger partial charge in [-0.1, -0.05) is 44.0 Å². The second kappa shape index (κ2) is 5.74. The first kappa shape index (κ1) is 11.2. The van der Waals surface area contributed by atoms with Crippen LogP contribution in [-0.2, 0) is 6.42 Å². The van der Waals surface area contributed by atoms with Gasteiger partial charge in [-0.15, -0.1) is 0 Å². The summed E-state index contributed by atoms with van der Waals surface area (Å²) in [4.78, 5) is 0. The summed E-state index contributed by atoms with van der Waals surface area (Å²) in [7, 11) is 0. The number of unbranched alkanes of at least 4 members (excludes halogenated alkanes) is 2. The fraction of sp³-hybridized carbons (Fsp3) is 0.500. The van der Waals surface area contributed by atoms with E-state index in [9.17, 15) is 8.78 Å². The van der Waals surface area contributed by atoms with Crippen molar-refractivity contribution >= 4 is 0 Å². The van der Waals surface area contributed by atoms with Crippen molar-refractivity contribution in [3.63, 3.8) is 0 Å². The highest BCUT2D eigenvalue weighted by Gasteiger charge is 2.05. The normalized spacial score (nSPS) is 10.9. The first-order chi connectivity index (χ1) is 6.74. The number of benzene rings is 1. The summed E-state index contributed by atoms with van der Waals surface area (Å²) < 4.78 is 24.4. The fourth-order valence-electron chi connectivity index (χ4n) is 1.41. The summed E-state index contributed by atoms with van der Waals surface area (Å²) in [6.07, 6.45) is 2.19. The maximum absolute atomic E-state index is 12.2. The molecule has 0 radical (unpaired) electrons. The van der Waals surface area contributed by atoms with E-state index in [1.165, 1.54) is 25.0 Å². The molecular formula is C12H16F2. The Kier molecular flexibility index (Phi) is 4.57. The minimum atomic E-state index is -2.35. The van der Waals surface area contributed by atoms with Crippen molar-refractivity contribution in [3.05, 3.63) is 35.4 Å². The lowest BCUT2D eigenvalue weighted by atomic mass is 10.1. The minimum absolute atomic E-state index is 0.115. The molecule has 1 aromatic rings. The van der Waals surface area contributed by atoms with Gasteiger partial charge in [-0.05, 0) is 18.4 Å². The van der Waals surface area contributed by atoms with Crippen LogP contribution < -0.4 is 0 Å². The third kappa shape index (κ3) is 3.44. The Balaban J connectivity index is 2.47. The molecule has 14 heavy (non-hydrogen) atoms. The van der Waals surface area contributed by atoms with Gasteiger partial charge in [0.25, 0.3) is 6.43 Å². The average Bonchev–Trinajstić information content (AvgIpc) is 2.19. The van der Waals surface area contributed by atoms with Crippen molar-refractivity contribution in [3.8, 4) is 0 Å². The summed E-state index contributed by atoms with van der Waals surface area (Å²) in [5, 5.41) is 0. The molecular weight excluding hydrogens is 182 g/mol. The number of hydrogen-bond acceptors (Lipinski definition) is 0. The van der Waals surface area contributed by atoms with Crippen molar-refractivity contribution in [1.82, 2.24) is 0 Å². The van der Waals surface area contributed by atoms with E-state index in [4.69, 9.17) is 0 Å². The largest absolute Gasteiger partial charge is 0.263 e. The Morgan fingerprint density at radius 3 is 2.21 bits per heavy atom. The summed E-state index contributed by atoms with van der Waals surface area (Å²) in [5.41, 5.74) is 1.27. The molecule has 0 spiro atoms. The smallest absolute Gasteiger partial charge is 0.205 e. The van der Waals surface area contributed by atoms with E-state index in [2.05, 4.69) is 6.92 Å². The Morgan fingerprint density at radius 1 is 1.07 bits per heavy atom. The highest BCUT2D eigenvalue weighted by molar-refractivity contribution is 5.23. The number of aryl methyl sites for hydroxylation is 1. The molecule has 0 unspecified atom stereocenters. The van der Waals surface area contributed by atoms with Gasteiger partial charge >= 0.3 is 0 Å². The molecule has 0 aromatic heterocycles. The number of alkyl halides is 2. The molecule has 0 amide bonds. The first-order valence-corrected chi connectivity index (χ1v) is 5.11. The van der Waals surface area contributed by atoms with Crippen molar-refractivity contribution in [1.29, 1.82) is 0 Å². The first-order valence-electron chi connectivity index (χ1n) is 5.11. The van der Waals surface area contributed by atoms with Crippen LogP contribution in [0.5, 0.6) is 0 Å². The lowest BCUT2D eigenvalue weighted by Gasteiger charge is -2.02. The van der Waals surface area contributed by atoms with Crippen LogP contribution >= 0.6 is 0 Å². The molecule has 1 aromatic carbocycles. The molecule has 0 aliphatic carbocycles. The van der Waals surface area contributed by atoms with Crippen LogP contribution in [0, 0.1) is 0 Å². The number of rotatable bonds is 5. The van der Waals surface area contributed by atoms with Crippen LogP contribution in [0.3, 0.4) is 0 Å². The Labute approximate surface area is 84.0 Å². The molecule has 0 aliphatic rings. The van der Waals surface area contributed by atoms with Crippen molar-refractivity contribution in [2.24, 2.45) is 0 Å². The number of halogens is 2. The van der Waals surface area contributed by atoms with Crippen LogP contribution in [0.1, 0.15) is 43.7 Å². The molecule has 0 nitrogen and oxygen atoms in total. The van der Waals surface area contributed by atoms with Gasteiger partial charge in [0, 0.05) is 5.56 Å². The third-order valence-corrected chi connectivity index (χ3v) is 2.30. The molecule has 1 rings (SSSR count). The predicted molar refractivity (Wildman–Crippen MR) is 54.6 cm³/mol. The van der Waals surface area contributed by atoms with Gasteiger partial charge in [0.2, 0.25) is 0 Å². The standard InChI is InChI=1S/C12H16F2/c1-2-3-4-5-10-6-8-11(9-7-10)12(13)14/h6-9,12H,2-5H2,1H3. The van der Waals surface area contributed by atoms with E-state index >= 15 is 0 Å². The highest BCUT2D eigenvalue weighted by atomic mass is 19.3. The Morgan fingerprint density at radius 2 is 1.71 bits per heavy atom. The topological polar surface area (TPSA) is 0 Å². The zero-order valence-corrected chi connectivity index (χ0v) is 8.47. The van der Waals surface area contributed by atoms with Crippen molar-refractivity contribution in [2.45, 2.75) is 39.0 Å². The van der Waals surface area contributed by atoms with E-state index in [1.54, 1.807) is 12.1 Å². The lowest BCUT2D eigenvalue weighted by Crippen LogP contribution is -1.88. The van der Waals surface area contributed by atoms with Gasteiger partial charge in [0.1, 0.15) is 0 Å². The molecule has 0 aliphatic heterocycles. The summed E-state index contributed by atoms with van der Waals surface area (Å²) >= 11 is 0. The average molecular weight is 198 g/mol. The molecule has 0 saturated heterocycles. The molecule has 78 valence electrons. The zero-order valence-electron chi connectivity index (χ0n) is 8.47. The van der Waals surface area contributed by atoms with E-state index in [-0.39, 0.29) is 5.56 Å². The van der Waals surface area contributed by atoms with Gasteiger partial charge in [-0.2, -0.15) is 0 Å². The summed E-state index contributed by atoms with van der Waals surface area (Å²) in [6.45, 7) is 2.15. The minimum Gasteiger partial charge on any atom is -0.205 e. The van der Waals surface area contributed by atoms with Gasteiger partial charge in [0.05, 0.1) is 0 Å². The van der Waals surface area contributed by atoms with Crippen LogP contribution in [0.2, 0.25) is 0 Å². The third-order valence-electron chi connectivity index (χ3n) is 2.30. The lowest BCUT2D eigenvalue weighted by molar-refractivity contribution is 0.151. The van der Waals surface area contributed by atoms with Crippen LogP contribution in [0.25, 0.3) is 0 Å². The molecule has 0 heterocycles. The monoisotopic (exact) mass is 198 g/mol. The fourth-order valence-corrected chi connectivity index (χ4v) is 1.41. The summed E-state index contributed by atoms with van der Waals surface area (Å²) in [5.74, 6) is 0. The van der Waals surface area contributed by atoms with Crippen LogP contribution in [0.4, 0.5) is 8.78 Å². The van der Waals surface area contributed by atoms with Crippen LogP contribution in [0.15, 0.2) is 24.3 Å². The van der Waals surface area contributed by atoms with E-state index in [0.717, 1.165) is 18.4 Å². The maximum atomic E-state index is 12.2. The molecule has 0 fully saturated rings. The quantitative estimate of drug-likeness (QED) is 0.617. The molecule has 0 N–H and O–H groups in total. The predicted octanol–water partition coefficient (Wildman–Crippen LogP) is 4.36. The second-order valence-electron chi connectivity index (χ2n) is 3.50. The molecule has 2 heteroatoms. The van der Waals surface area contributed by atoms with E-state index < -0.39 is 6.43 Å². The van der Waals surface area contributed by atoms with Crippen LogP contribution in [-0.4, -0.2) is 0 Å². The van der Waals surface area contributed by atoms with Crippen molar-refractivity contribution < 1.29 is 8.78 Å². The van der Waals surface area contributed by atoms with Gasteiger partial charge in [-0.3, -0.25) is 0 Å². The van der Waals surface area contributed by atoms with Gasteiger partial charge in [0.15, 0.2) is 0 Å². The molecule has 0 bridgehead atoms. The molecule has 0 saturated carbocycles. The SMILES string of the molecule is CCCCCc1ccc(C(F)F)cc1. The van der Waals surface area contributed by atoms with Crippen molar-refractivity contribution in [2.75, 3.05) is 0 Å². The Hall–Kier alpha value is -0.920. The maximum Gasteiger partial charge on any atom is 0.263 e. The second-order valence-corrected chi connectivity index (χ2v) is 3.50. The van der Waals surface area contributed by atoms with E-state index in [1.807, 2.05) is 0 Å². The zero-order chi connectivity index (χ0) is 10.4. The van der Waals surface area contributed by atoms with E-state index in [0.29, 0.717) is 0 Å². The summed E-state index contributed by atoms with van der Waals surface area (Å²) in [6, 6.07) is 6.65. The number of hydrogen-bond donors (Lipinski definition) is 0. The van der Waals surface area contributed by atoms with Gasteiger partial charge < -0.3 is 0 Å². The Bertz CT molecular complexity index is 252. The highest BCUT2D eigenvalue weighted by Crippen LogP contribution is 2.19. The molecule has 0 atom stereocenters. The van der Waals surface area contributed by atoms with Gasteiger partial charge in [-0.25, -0.2) is 8.78 Å².